The standard InChI is InChI=1S/C15H33N3/c1-12(2)7-8-16-9-14(4)18-10-13(3)15(11-18)17(5)6/h12-16H,7-11H2,1-6H3. The van der Waals surface area contributed by atoms with Gasteiger partial charge >= 0.3 is 0 Å². The second kappa shape index (κ2) is 7.46. The third-order valence-corrected chi connectivity index (χ3v) is 4.23. The Morgan fingerprint density at radius 1 is 1.22 bits per heavy atom. The molecule has 3 unspecified atom stereocenters. The minimum absolute atomic E-state index is 0.657. The van der Waals surface area contributed by atoms with Crippen LogP contribution in [0.1, 0.15) is 34.1 Å². The van der Waals surface area contributed by atoms with Gasteiger partial charge in [-0.3, -0.25) is 4.90 Å². The summed E-state index contributed by atoms with van der Waals surface area (Å²) < 4.78 is 0. The molecule has 3 atom stereocenters. The van der Waals surface area contributed by atoms with Crippen molar-refractivity contribution in [1.82, 2.24) is 15.1 Å². The predicted molar refractivity (Wildman–Crippen MR) is 80.0 cm³/mol. The molecule has 1 fully saturated rings. The van der Waals surface area contributed by atoms with Crippen molar-refractivity contribution in [3.8, 4) is 0 Å². The van der Waals surface area contributed by atoms with E-state index in [-0.39, 0.29) is 0 Å². The summed E-state index contributed by atoms with van der Waals surface area (Å²) in [5, 5.41) is 3.60. The van der Waals surface area contributed by atoms with Crippen LogP contribution in [-0.2, 0) is 0 Å². The maximum absolute atomic E-state index is 3.60. The highest BCUT2D eigenvalue weighted by Gasteiger charge is 2.32. The van der Waals surface area contributed by atoms with Crippen LogP contribution in [0.2, 0.25) is 0 Å². The lowest BCUT2D eigenvalue weighted by Gasteiger charge is -2.26. The van der Waals surface area contributed by atoms with Gasteiger partial charge in [0.25, 0.3) is 0 Å². The summed E-state index contributed by atoms with van der Waals surface area (Å²) >= 11 is 0. The summed E-state index contributed by atoms with van der Waals surface area (Å²) in [5.74, 6) is 1.59. The summed E-state index contributed by atoms with van der Waals surface area (Å²) in [6.45, 7) is 14.1. The Labute approximate surface area is 114 Å². The van der Waals surface area contributed by atoms with Crippen molar-refractivity contribution in [2.75, 3.05) is 40.3 Å². The smallest absolute Gasteiger partial charge is 0.0254 e. The minimum Gasteiger partial charge on any atom is -0.315 e. The first-order valence-electron chi connectivity index (χ1n) is 7.53. The van der Waals surface area contributed by atoms with E-state index in [0.29, 0.717) is 6.04 Å². The average Bonchev–Trinajstić information content (AvgIpc) is 2.66. The molecule has 0 aromatic carbocycles. The molecule has 0 amide bonds. The van der Waals surface area contributed by atoms with Crippen molar-refractivity contribution in [3.05, 3.63) is 0 Å². The maximum atomic E-state index is 3.60. The fourth-order valence-corrected chi connectivity index (χ4v) is 2.85. The Hall–Kier alpha value is -0.120. The lowest BCUT2D eigenvalue weighted by Crippen LogP contribution is -2.41. The van der Waals surface area contributed by atoms with E-state index in [2.05, 4.69) is 56.9 Å². The summed E-state index contributed by atoms with van der Waals surface area (Å²) in [4.78, 5) is 5.02. The maximum Gasteiger partial charge on any atom is 0.0254 e. The third-order valence-electron chi connectivity index (χ3n) is 4.23. The SMILES string of the molecule is CC(C)CCNCC(C)N1CC(C)C(N(C)C)C1. The molecule has 1 saturated heterocycles. The van der Waals surface area contributed by atoms with Gasteiger partial charge < -0.3 is 10.2 Å². The number of likely N-dealkylation sites (tertiary alicyclic amines) is 1. The molecule has 0 bridgehead atoms. The molecule has 0 aromatic heterocycles. The van der Waals surface area contributed by atoms with Gasteiger partial charge in [-0.05, 0) is 45.8 Å². The number of likely N-dealkylation sites (N-methyl/N-ethyl adjacent to an activating group) is 1. The molecular formula is C15H33N3. The molecule has 1 heterocycles. The highest BCUT2D eigenvalue weighted by atomic mass is 15.3. The zero-order valence-corrected chi connectivity index (χ0v) is 13.2. The minimum atomic E-state index is 0.657. The third kappa shape index (κ3) is 4.87. The zero-order valence-electron chi connectivity index (χ0n) is 13.2. The highest BCUT2D eigenvalue weighted by Crippen LogP contribution is 2.21. The molecule has 3 nitrogen and oxygen atoms in total. The van der Waals surface area contributed by atoms with Gasteiger partial charge in [-0.15, -0.1) is 0 Å². The van der Waals surface area contributed by atoms with E-state index in [1.807, 2.05) is 0 Å². The van der Waals surface area contributed by atoms with Gasteiger partial charge in [-0.2, -0.15) is 0 Å². The number of hydrogen-bond acceptors (Lipinski definition) is 3. The normalized spacial score (nSPS) is 27.3. The van der Waals surface area contributed by atoms with E-state index in [1.54, 1.807) is 0 Å². The largest absolute Gasteiger partial charge is 0.315 e. The number of nitrogens with one attached hydrogen (secondary N) is 1. The van der Waals surface area contributed by atoms with Crippen LogP contribution in [0.4, 0.5) is 0 Å². The van der Waals surface area contributed by atoms with Crippen molar-refractivity contribution in [2.45, 2.75) is 46.2 Å². The molecule has 1 aliphatic heterocycles. The summed E-state index contributed by atoms with van der Waals surface area (Å²) in [7, 11) is 4.41. The molecule has 1 rings (SSSR count). The number of nitrogens with zero attached hydrogens (tertiary/aromatic N) is 2. The van der Waals surface area contributed by atoms with Crippen LogP contribution in [0, 0.1) is 11.8 Å². The van der Waals surface area contributed by atoms with Crippen molar-refractivity contribution < 1.29 is 0 Å². The lowest BCUT2D eigenvalue weighted by atomic mass is 10.1. The molecule has 0 spiro atoms. The molecule has 0 aliphatic carbocycles. The molecule has 3 heteroatoms. The van der Waals surface area contributed by atoms with Gasteiger partial charge in [0.1, 0.15) is 0 Å². The molecule has 1 N–H and O–H groups in total. The van der Waals surface area contributed by atoms with Gasteiger partial charge in [0, 0.05) is 31.7 Å². The van der Waals surface area contributed by atoms with Crippen LogP contribution in [0.5, 0.6) is 0 Å². The Balaban J connectivity index is 2.24. The average molecular weight is 255 g/mol. The van der Waals surface area contributed by atoms with Crippen molar-refractivity contribution >= 4 is 0 Å². The molecule has 108 valence electrons. The van der Waals surface area contributed by atoms with Crippen LogP contribution in [-0.4, -0.2) is 62.2 Å². The monoisotopic (exact) mass is 255 g/mol. The fourth-order valence-electron chi connectivity index (χ4n) is 2.85. The second-order valence-corrected chi connectivity index (χ2v) is 6.70. The highest BCUT2D eigenvalue weighted by molar-refractivity contribution is 4.89. The molecular weight excluding hydrogens is 222 g/mol. The van der Waals surface area contributed by atoms with Crippen LogP contribution >= 0.6 is 0 Å². The van der Waals surface area contributed by atoms with Crippen molar-refractivity contribution in [1.29, 1.82) is 0 Å². The molecule has 0 saturated carbocycles. The zero-order chi connectivity index (χ0) is 13.7. The van der Waals surface area contributed by atoms with Crippen LogP contribution < -0.4 is 5.32 Å². The van der Waals surface area contributed by atoms with Gasteiger partial charge in [-0.1, -0.05) is 20.8 Å². The first-order valence-corrected chi connectivity index (χ1v) is 7.53. The van der Waals surface area contributed by atoms with Gasteiger partial charge in [0.05, 0.1) is 0 Å². The Morgan fingerprint density at radius 3 is 2.39 bits per heavy atom. The molecule has 18 heavy (non-hydrogen) atoms. The van der Waals surface area contributed by atoms with E-state index in [4.69, 9.17) is 0 Å². The Kier molecular flexibility index (Phi) is 6.61. The Morgan fingerprint density at radius 2 is 1.89 bits per heavy atom. The first-order chi connectivity index (χ1) is 8.41. The molecule has 0 aromatic rings. The Bertz CT molecular complexity index is 228. The molecule has 0 radical (unpaired) electrons. The van der Waals surface area contributed by atoms with Crippen LogP contribution in [0.3, 0.4) is 0 Å². The van der Waals surface area contributed by atoms with Gasteiger partial charge in [0.15, 0.2) is 0 Å². The summed E-state index contributed by atoms with van der Waals surface area (Å²) in [6.07, 6.45) is 1.28. The van der Waals surface area contributed by atoms with Crippen LogP contribution in [0.25, 0.3) is 0 Å². The van der Waals surface area contributed by atoms with E-state index < -0.39 is 0 Å². The quantitative estimate of drug-likeness (QED) is 0.701. The van der Waals surface area contributed by atoms with Crippen LogP contribution in [0.15, 0.2) is 0 Å². The second-order valence-electron chi connectivity index (χ2n) is 6.70. The predicted octanol–water partition coefficient (Wildman–Crippen LogP) is 1.89. The van der Waals surface area contributed by atoms with Crippen molar-refractivity contribution in [3.63, 3.8) is 0 Å². The number of hydrogen-bond donors (Lipinski definition) is 1. The summed E-state index contributed by atoms with van der Waals surface area (Å²) in [6, 6.07) is 1.38. The molecule has 1 aliphatic rings. The van der Waals surface area contributed by atoms with E-state index in [0.717, 1.165) is 31.0 Å². The van der Waals surface area contributed by atoms with E-state index in [9.17, 15) is 0 Å². The van der Waals surface area contributed by atoms with E-state index >= 15 is 0 Å². The van der Waals surface area contributed by atoms with Gasteiger partial charge in [0.2, 0.25) is 0 Å². The fraction of sp³-hybridized carbons (Fsp3) is 1.00. The first kappa shape index (κ1) is 15.9. The van der Waals surface area contributed by atoms with E-state index in [1.165, 1.54) is 19.5 Å². The summed E-state index contributed by atoms with van der Waals surface area (Å²) in [5.41, 5.74) is 0. The van der Waals surface area contributed by atoms with Gasteiger partial charge in [-0.25, -0.2) is 0 Å². The number of rotatable bonds is 7. The topological polar surface area (TPSA) is 18.5 Å². The lowest BCUT2D eigenvalue weighted by molar-refractivity contribution is 0.220. The van der Waals surface area contributed by atoms with Crippen molar-refractivity contribution in [2.24, 2.45) is 11.8 Å².